The van der Waals surface area contributed by atoms with E-state index in [1.54, 1.807) is 10.6 Å². The number of hydrogen-bond acceptors (Lipinski definition) is 2. The zero-order valence-electron chi connectivity index (χ0n) is 10.5. The minimum absolute atomic E-state index is 0.000195. The van der Waals surface area contributed by atoms with Gasteiger partial charge < -0.3 is 4.57 Å². The number of aryl methyl sites for hydroxylation is 1. The molecule has 1 aromatic heterocycles. The van der Waals surface area contributed by atoms with Crippen LogP contribution in [-0.2, 0) is 13.5 Å². The van der Waals surface area contributed by atoms with Crippen molar-refractivity contribution in [2.75, 3.05) is 0 Å². The van der Waals surface area contributed by atoms with Crippen LogP contribution in [0.25, 0.3) is 0 Å². The summed E-state index contributed by atoms with van der Waals surface area (Å²) in [6.45, 7) is 1.92. The third-order valence-electron chi connectivity index (χ3n) is 3.11. The lowest BCUT2D eigenvalue weighted by atomic mass is 10.0. The van der Waals surface area contributed by atoms with Gasteiger partial charge in [0.05, 0.1) is 18.2 Å². The van der Waals surface area contributed by atoms with E-state index in [1.165, 1.54) is 0 Å². The molecule has 0 saturated carbocycles. The van der Waals surface area contributed by atoms with E-state index in [0.717, 1.165) is 11.3 Å². The van der Waals surface area contributed by atoms with Crippen LogP contribution < -0.4 is 0 Å². The Kier molecular flexibility index (Phi) is 3.29. The van der Waals surface area contributed by atoms with Gasteiger partial charge in [-0.25, -0.2) is 0 Å². The SMILES string of the molecule is Cc1ccccc1C(=O)c1ccc(CC#N)n1C. The van der Waals surface area contributed by atoms with Crippen LogP contribution in [0, 0.1) is 18.3 Å². The quantitative estimate of drug-likeness (QED) is 0.772. The Bertz CT molecular complexity index is 632. The summed E-state index contributed by atoms with van der Waals surface area (Å²) in [5.41, 5.74) is 3.15. The number of aromatic nitrogens is 1. The maximum Gasteiger partial charge on any atom is 0.209 e. The van der Waals surface area contributed by atoms with Crippen molar-refractivity contribution in [3.8, 4) is 6.07 Å². The standard InChI is InChI=1S/C15H14N2O/c1-11-5-3-4-6-13(11)15(18)14-8-7-12(9-10-16)17(14)2/h3-8H,9H2,1-2H3. The van der Waals surface area contributed by atoms with Crippen LogP contribution in [-0.4, -0.2) is 10.4 Å². The summed E-state index contributed by atoms with van der Waals surface area (Å²) < 4.78 is 1.79. The van der Waals surface area contributed by atoms with Gasteiger partial charge in [-0.1, -0.05) is 24.3 Å². The molecule has 0 aliphatic rings. The first-order valence-corrected chi connectivity index (χ1v) is 5.77. The van der Waals surface area contributed by atoms with E-state index >= 15 is 0 Å². The second-order valence-electron chi connectivity index (χ2n) is 4.25. The highest BCUT2D eigenvalue weighted by Gasteiger charge is 2.15. The second-order valence-corrected chi connectivity index (χ2v) is 4.25. The lowest BCUT2D eigenvalue weighted by molar-refractivity contribution is 0.103. The molecule has 3 heteroatoms. The molecular weight excluding hydrogens is 224 g/mol. The number of hydrogen-bond donors (Lipinski definition) is 0. The van der Waals surface area contributed by atoms with Crippen LogP contribution in [0.5, 0.6) is 0 Å². The summed E-state index contributed by atoms with van der Waals surface area (Å²) in [5.74, 6) is -0.000195. The van der Waals surface area contributed by atoms with Gasteiger partial charge in [0.1, 0.15) is 0 Å². The highest BCUT2D eigenvalue weighted by atomic mass is 16.1. The van der Waals surface area contributed by atoms with Crippen LogP contribution in [0.3, 0.4) is 0 Å². The first-order chi connectivity index (χ1) is 8.65. The molecule has 1 aromatic carbocycles. The predicted octanol–water partition coefficient (Wildman–Crippen LogP) is 2.63. The fourth-order valence-corrected chi connectivity index (χ4v) is 2.01. The molecule has 0 atom stereocenters. The van der Waals surface area contributed by atoms with E-state index in [1.807, 2.05) is 44.3 Å². The van der Waals surface area contributed by atoms with Gasteiger partial charge in [0.15, 0.2) is 0 Å². The van der Waals surface area contributed by atoms with Gasteiger partial charge in [-0.3, -0.25) is 4.79 Å². The first kappa shape index (κ1) is 12.1. The topological polar surface area (TPSA) is 45.8 Å². The normalized spacial score (nSPS) is 10.1. The smallest absolute Gasteiger partial charge is 0.209 e. The molecule has 90 valence electrons. The fraction of sp³-hybridized carbons (Fsp3) is 0.200. The molecule has 0 bridgehead atoms. The average Bonchev–Trinajstić information content (AvgIpc) is 2.72. The van der Waals surface area contributed by atoms with E-state index < -0.39 is 0 Å². The third kappa shape index (κ3) is 2.05. The molecule has 0 amide bonds. The maximum atomic E-state index is 12.4. The van der Waals surface area contributed by atoms with Gasteiger partial charge in [0.25, 0.3) is 0 Å². The summed E-state index contributed by atoms with van der Waals surface area (Å²) in [4.78, 5) is 12.4. The molecule has 0 N–H and O–H groups in total. The molecule has 0 spiro atoms. The molecule has 0 aliphatic carbocycles. The highest BCUT2D eigenvalue weighted by Crippen LogP contribution is 2.16. The third-order valence-corrected chi connectivity index (χ3v) is 3.11. The molecule has 0 aliphatic heterocycles. The Hall–Kier alpha value is -2.34. The number of carbonyl (C=O) groups is 1. The van der Waals surface area contributed by atoms with Gasteiger partial charge in [-0.2, -0.15) is 5.26 Å². The van der Waals surface area contributed by atoms with E-state index in [0.29, 0.717) is 17.7 Å². The van der Waals surface area contributed by atoms with Crippen molar-refractivity contribution in [2.45, 2.75) is 13.3 Å². The van der Waals surface area contributed by atoms with Crippen molar-refractivity contribution in [3.05, 3.63) is 58.9 Å². The minimum atomic E-state index is -0.000195. The Balaban J connectivity index is 2.42. The summed E-state index contributed by atoms with van der Waals surface area (Å²) >= 11 is 0. The van der Waals surface area contributed by atoms with Crippen molar-refractivity contribution in [1.29, 1.82) is 5.26 Å². The van der Waals surface area contributed by atoms with Crippen LogP contribution in [0.4, 0.5) is 0 Å². The van der Waals surface area contributed by atoms with Gasteiger partial charge >= 0.3 is 0 Å². The number of benzene rings is 1. The number of carbonyl (C=O) groups excluding carboxylic acids is 1. The predicted molar refractivity (Wildman–Crippen MR) is 69.3 cm³/mol. The highest BCUT2D eigenvalue weighted by molar-refractivity contribution is 6.09. The average molecular weight is 238 g/mol. The summed E-state index contributed by atoms with van der Waals surface area (Å²) in [6, 6.07) is 13.2. The Morgan fingerprint density at radius 1 is 1.28 bits per heavy atom. The zero-order chi connectivity index (χ0) is 13.1. The fourth-order valence-electron chi connectivity index (χ4n) is 2.01. The lowest BCUT2D eigenvalue weighted by Crippen LogP contribution is -2.10. The number of nitrogens with zero attached hydrogens (tertiary/aromatic N) is 2. The molecule has 0 saturated heterocycles. The molecule has 2 aromatic rings. The molecular formula is C15H14N2O. The van der Waals surface area contributed by atoms with Gasteiger partial charge in [0, 0.05) is 18.3 Å². The van der Waals surface area contributed by atoms with E-state index in [-0.39, 0.29) is 5.78 Å². The molecule has 1 heterocycles. The summed E-state index contributed by atoms with van der Waals surface area (Å²) in [7, 11) is 1.82. The minimum Gasteiger partial charge on any atom is -0.344 e. The number of nitriles is 1. The zero-order valence-corrected chi connectivity index (χ0v) is 10.5. The van der Waals surface area contributed by atoms with Gasteiger partial charge in [-0.05, 0) is 24.6 Å². The van der Waals surface area contributed by atoms with E-state index in [2.05, 4.69) is 6.07 Å². The summed E-state index contributed by atoms with van der Waals surface area (Å²) in [6.07, 6.45) is 0.317. The van der Waals surface area contributed by atoms with Gasteiger partial charge in [0.2, 0.25) is 5.78 Å². The maximum absolute atomic E-state index is 12.4. The van der Waals surface area contributed by atoms with Crippen LogP contribution >= 0.6 is 0 Å². The summed E-state index contributed by atoms with van der Waals surface area (Å²) in [5, 5.41) is 8.70. The van der Waals surface area contributed by atoms with E-state index in [4.69, 9.17) is 5.26 Å². The number of rotatable bonds is 3. The van der Waals surface area contributed by atoms with E-state index in [9.17, 15) is 4.79 Å². The molecule has 18 heavy (non-hydrogen) atoms. The molecule has 0 fully saturated rings. The van der Waals surface area contributed by atoms with Crippen molar-refractivity contribution >= 4 is 5.78 Å². The van der Waals surface area contributed by atoms with Crippen molar-refractivity contribution in [1.82, 2.24) is 4.57 Å². The monoisotopic (exact) mass is 238 g/mol. The van der Waals surface area contributed by atoms with Crippen LogP contribution in [0.1, 0.15) is 27.3 Å². The van der Waals surface area contributed by atoms with Crippen molar-refractivity contribution in [2.24, 2.45) is 7.05 Å². The first-order valence-electron chi connectivity index (χ1n) is 5.77. The van der Waals surface area contributed by atoms with Crippen molar-refractivity contribution < 1.29 is 4.79 Å². The molecule has 2 rings (SSSR count). The van der Waals surface area contributed by atoms with Crippen LogP contribution in [0.15, 0.2) is 36.4 Å². The Labute approximate surface area is 106 Å². The molecule has 0 radical (unpaired) electrons. The molecule has 3 nitrogen and oxygen atoms in total. The van der Waals surface area contributed by atoms with Gasteiger partial charge in [-0.15, -0.1) is 0 Å². The Morgan fingerprint density at radius 3 is 2.67 bits per heavy atom. The Morgan fingerprint density at radius 2 is 2.00 bits per heavy atom. The number of ketones is 1. The second kappa shape index (κ2) is 4.89. The van der Waals surface area contributed by atoms with Crippen LogP contribution in [0.2, 0.25) is 0 Å². The molecule has 0 unspecified atom stereocenters. The largest absolute Gasteiger partial charge is 0.344 e. The van der Waals surface area contributed by atoms with Crippen molar-refractivity contribution in [3.63, 3.8) is 0 Å². The lowest BCUT2D eigenvalue weighted by Gasteiger charge is -2.07.